The predicted molar refractivity (Wildman–Crippen MR) is 111 cm³/mol. The molecule has 0 fully saturated rings. The Labute approximate surface area is 165 Å². The van der Waals surface area contributed by atoms with Crippen molar-refractivity contribution < 1.29 is 4.79 Å². The summed E-state index contributed by atoms with van der Waals surface area (Å²) in [5.74, 6) is -0.0781. The molecule has 3 aromatic heterocycles. The van der Waals surface area contributed by atoms with Gasteiger partial charge in [-0.2, -0.15) is 0 Å². The van der Waals surface area contributed by atoms with Crippen molar-refractivity contribution in [2.24, 2.45) is 0 Å². The topological polar surface area (TPSA) is 59.8 Å². The molecule has 0 aliphatic heterocycles. The molecule has 0 atom stereocenters. The van der Waals surface area contributed by atoms with E-state index < -0.39 is 0 Å². The maximum atomic E-state index is 12.3. The first-order valence-electron chi connectivity index (χ1n) is 8.61. The number of thiophene rings is 1. The molecule has 0 aliphatic rings. The van der Waals surface area contributed by atoms with Crippen molar-refractivity contribution >= 4 is 34.3 Å². The van der Waals surface area contributed by atoms with Gasteiger partial charge in [0.05, 0.1) is 16.9 Å². The lowest BCUT2D eigenvalue weighted by molar-refractivity contribution is -0.116. The zero-order valence-corrected chi connectivity index (χ0v) is 16.4. The van der Waals surface area contributed by atoms with Gasteiger partial charge in [-0.1, -0.05) is 25.1 Å². The maximum absolute atomic E-state index is 12.3. The van der Waals surface area contributed by atoms with Crippen molar-refractivity contribution in [3.8, 4) is 21.3 Å². The Morgan fingerprint density at radius 1 is 1.19 bits per heavy atom. The second-order valence-corrected chi connectivity index (χ2v) is 7.85. The quantitative estimate of drug-likeness (QED) is 0.504. The van der Waals surface area contributed by atoms with E-state index in [2.05, 4.69) is 34.3 Å². The Kier molecular flexibility index (Phi) is 5.13. The van der Waals surface area contributed by atoms with Crippen molar-refractivity contribution in [1.29, 1.82) is 0 Å². The molecule has 4 aromatic rings. The number of nitrogens with zero attached hydrogens (tertiary/aromatic N) is 3. The summed E-state index contributed by atoms with van der Waals surface area (Å²) in [6.07, 6.45) is 4.47. The van der Waals surface area contributed by atoms with Gasteiger partial charge in [-0.15, -0.1) is 22.7 Å². The highest BCUT2D eigenvalue weighted by molar-refractivity contribution is 7.15. The molecule has 5 nitrogen and oxygen atoms in total. The molecule has 3 heterocycles. The number of carbonyl (C=O) groups excluding carboxylic acids is 1. The van der Waals surface area contributed by atoms with E-state index in [4.69, 9.17) is 0 Å². The van der Waals surface area contributed by atoms with Crippen LogP contribution in [-0.2, 0) is 17.8 Å². The fourth-order valence-electron chi connectivity index (χ4n) is 2.72. The Hall–Kier alpha value is -2.77. The second-order valence-electron chi connectivity index (χ2n) is 6.05. The molecule has 0 spiro atoms. The van der Waals surface area contributed by atoms with Crippen LogP contribution in [-0.4, -0.2) is 20.4 Å². The first-order valence-corrected chi connectivity index (χ1v) is 10.4. The number of benzene rings is 1. The summed E-state index contributed by atoms with van der Waals surface area (Å²) in [5, 5.41) is 7.87. The number of carbonyl (C=O) groups is 1. The molecule has 4 rings (SSSR count). The SMILES string of the molecule is CCc1cccc(NC(=O)Cn2cnc(-c3nc(-c4cccs4)cs3)c2)c1. The van der Waals surface area contributed by atoms with Crippen LogP contribution < -0.4 is 5.32 Å². The van der Waals surface area contributed by atoms with Gasteiger partial charge < -0.3 is 9.88 Å². The summed E-state index contributed by atoms with van der Waals surface area (Å²) in [6, 6.07) is 12.0. The van der Waals surface area contributed by atoms with Gasteiger partial charge in [-0.05, 0) is 35.6 Å². The minimum Gasteiger partial charge on any atom is -0.327 e. The predicted octanol–water partition coefficient (Wildman–Crippen LogP) is 4.94. The van der Waals surface area contributed by atoms with Crippen LogP contribution in [0.25, 0.3) is 21.3 Å². The van der Waals surface area contributed by atoms with Crippen molar-refractivity contribution in [3.63, 3.8) is 0 Å². The third-order valence-electron chi connectivity index (χ3n) is 4.08. The van der Waals surface area contributed by atoms with Crippen molar-refractivity contribution in [1.82, 2.24) is 14.5 Å². The standard InChI is InChI=1S/C20H18N4OS2/c1-2-14-5-3-6-15(9-14)22-19(25)11-24-10-16(21-13-24)20-23-17(12-27-20)18-7-4-8-26-18/h3-10,12-13H,2,11H2,1H3,(H,22,25). The van der Waals surface area contributed by atoms with Gasteiger partial charge >= 0.3 is 0 Å². The Balaban J connectivity index is 1.42. The van der Waals surface area contributed by atoms with Crippen LogP contribution in [0.15, 0.2) is 59.7 Å². The molecular weight excluding hydrogens is 376 g/mol. The highest BCUT2D eigenvalue weighted by atomic mass is 32.1. The molecule has 0 radical (unpaired) electrons. The average molecular weight is 395 g/mol. The fraction of sp³-hybridized carbons (Fsp3) is 0.150. The summed E-state index contributed by atoms with van der Waals surface area (Å²) in [5.41, 5.74) is 3.76. The van der Waals surface area contributed by atoms with E-state index in [9.17, 15) is 4.79 Å². The lowest BCUT2D eigenvalue weighted by atomic mass is 10.1. The van der Waals surface area contributed by atoms with Gasteiger partial charge in [-0.3, -0.25) is 4.79 Å². The Bertz CT molecular complexity index is 1050. The van der Waals surface area contributed by atoms with Crippen LogP contribution >= 0.6 is 22.7 Å². The molecule has 27 heavy (non-hydrogen) atoms. The van der Waals surface area contributed by atoms with Gasteiger partial charge in [0.2, 0.25) is 5.91 Å². The number of nitrogens with one attached hydrogen (secondary N) is 1. The minimum atomic E-state index is -0.0781. The zero-order chi connectivity index (χ0) is 18.6. The lowest BCUT2D eigenvalue weighted by Crippen LogP contribution is -2.17. The van der Waals surface area contributed by atoms with E-state index in [1.807, 2.05) is 41.2 Å². The van der Waals surface area contributed by atoms with Crippen molar-refractivity contribution in [2.45, 2.75) is 19.9 Å². The molecule has 1 N–H and O–H groups in total. The minimum absolute atomic E-state index is 0.0781. The molecule has 0 saturated heterocycles. The highest BCUT2D eigenvalue weighted by Gasteiger charge is 2.11. The molecule has 136 valence electrons. The van der Waals surface area contributed by atoms with E-state index in [1.54, 1.807) is 33.6 Å². The molecule has 0 aliphatic carbocycles. The Morgan fingerprint density at radius 3 is 2.93 bits per heavy atom. The molecule has 0 bridgehead atoms. The number of hydrogen-bond donors (Lipinski definition) is 1. The van der Waals surface area contributed by atoms with Crippen LogP contribution in [0.1, 0.15) is 12.5 Å². The molecule has 1 aromatic carbocycles. The maximum Gasteiger partial charge on any atom is 0.244 e. The van der Waals surface area contributed by atoms with Crippen LogP contribution in [0.3, 0.4) is 0 Å². The normalized spacial score (nSPS) is 10.9. The number of aromatic nitrogens is 3. The summed E-state index contributed by atoms with van der Waals surface area (Å²) in [6.45, 7) is 2.31. The number of anilines is 1. The summed E-state index contributed by atoms with van der Waals surface area (Å²) in [7, 11) is 0. The van der Waals surface area contributed by atoms with E-state index in [0.29, 0.717) is 0 Å². The molecule has 1 amide bonds. The number of rotatable bonds is 6. The van der Waals surface area contributed by atoms with E-state index >= 15 is 0 Å². The second kappa shape index (κ2) is 7.85. The number of aryl methyl sites for hydroxylation is 1. The largest absolute Gasteiger partial charge is 0.327 e. The summed E-state index contributed by atoms with van der Waals surface area (Å²) in [4.78, 5) is 22.5. The van der Waals surface area contributed by atoms with Crippen LogP contribution in [0.5, 0.6) is 0 Å². The lowest BCUT2D eigenvalue weighted by Gasteiger charge is -2.07. The van der Waals surface area contributed by atoms with Crippen molar-refractivity contribution in [3.05, 3.63) is 65.2 Å². The molecule has 0 unspecified atom stereocenters. The fourth-order valence-corrected chi connectivity index (χ4v) is 4.26. The molecule has 7 heteroatoms. The van der Waals surface area contributed by atoms with Gasteiger partial charge in [0.1, 0.15) is 17.2 Å². The number of amides is 1. The Morgan fingerprint density at radius 2 is 2.11 bits per heavy atom. The van der Waals surface area contributed by atoms with Crippen LogP contribution in [0, 0.1) is 0 Å². The van der Waals surface area contributed by atoms with E-state index in [1.165, 1.54) is 5.56 Å². The average Bonchev–Trinajstić information content (AvgIpc) is 3.42. The monoisotopic (exact) mass is 394 g/mol. The van der Waals surface area contributed by atoms with Gasteiger partial charge in [0.15, 0.2) is 0 Å². The van der Waals surface area contributed by atoms with E-state index in [0.717, 1.165) is 33.4 Å². The van der Waals surface area contributed by atoms with Gasteiger partial charge in [-0.25, -0.2) is 9.97 Å². The molecule has 0 saturated carbocycles. The van der Waals surface area contributed by atoms with Gasteiger partial charge in [0, 0.05) is 17.3 Å². The van der Waals surface area contributed by atoms with E-state index in [-0.39, 0.29) is 12.5 Å². The van der Waals surface area contributed by atoms with Crippen LogP contribution in [0.4, 0.5) is 5.69 Å². The summed E-state index contributed by atoms with van der Waals surface area (Å²) < 4.78 is 1.78. The highest BCUT2D eigenvalue weighted by Crippen LogP contribution is 2.30. The number of thiazole rings is 1. The third-order valence-corrected chi connectivity index (χ3v) is 5.83. The first kappa shape index (κ1) is 17.6. The zero-order valence-electron chi connectivity index (χ0n) is 14.8. The first-order chi connectivity index (χ1) is 13.2. The third kappa shape index (κ3) is 4.15. The summed E-state index contributed by atoms with van der Waals surface area (Å²) >= 11 is 3.23. The number of imidazole rings is 1. The van der Waals surface area contributed by atoms with Gasteiger partial charge in [0.25, 0.3) is 0 Å². The smallest absolute Gasteiger partial charge is 0.244 e. The number of hydrogen-bond acceptors (Lipinski definition) is 5. The molecular formula is C20H18N4OS2. The van der Waals surface area contributed by atoms with Crippen LogP contribution in [0.2, 0.25) is 0 Å². The van der Waals surface area contributed by atoms with Crippen molar-refractivity contribution in [2.75, 3.05) is 5.32 Å².